The van der Waals surface area contributed by atoms with E-state index in [1.165, 1.54) is 4.90 Å². The van der Waals surface area contributed by atoms with Crippen molar-refractivity contribution in [2.75, 3.05) is 13.6 Å². The molecule has 2 amide bonds. The van der Waals surface area contributed by atoms with Crippen molar-refractivity contribution >= 4 is 12.0 Å². The van der Waals surface area contributed by atoms with Crippen molar-refractivity contribution in [3.8, 4) is 0 Å². The monoisotopic (exact) mass is 228 g/mol. The molecule has 5 nitrogen and oxygen atoms in total. The van der Waals surface area contributed by atoms with Gasteiger partial charge in [-0.15, -0.1) is 0 Å². The van der Waals surface area contributed by atoms with E-state index >= 15 is 0 Å². The van der Waals surface area contributed by atoms with Gasteiger partial charge in [0.2, 0.25) is 0 Å². The highest BCUT2D eigenvalue weighted by Crippen LogP contribution is 2.34. The molecule has 1 saturated carbocycles. The minimum absolute atomic E-state index is 0.00697. The van der Waals surface area contributed by atoms with Crippen molar-refractivity contribution in [1.29, 1.82) is 0 Å². The maximum atomic E-state index is 11.6. The highest BCUT2D eigenvalue weighted by Gasteiger charge is 2.37. The molecule has 0 aromatic carbocycles. The summed E-state index contributed by atoms with van der Waals surface area (Å²) in [5.74, 6) is -0.253. The van der Waals surface area contributed by atoms with Crippen molar-refractivity contribution in [3.05, 3.63) is 0 Å². The summed E-state index contributed by atoms with van der Waals surface area (Å²) in [7, 11) is 1.62. The van der Waals surface area contributed by atoms with E-state index in [-0.39, 0.29) is 19.0 Å². The lowest BCUT2D eigenvalue weighted by Gasteiger charge is -2.16. The van der Waals surface area contributed by atoms with Crippen LogP contribution >= 0.6 is 0 Å². The van der Waals surface area contributed by atoms with Crippen molar-refractivity contribution in [3.63, 3.8) is 0 Å². The predicted molar refractivity (Wildman–Crippen MR) is 60.2 cm³/mol. The van der Waals surface area contributed by atoms with Crippen LogP contribution in [-0.4, -0.2) is 41.6 Å². The number of rotatable bonds is 6. The van der Waals surface area contributed by atoms with Crippen LogP contribution in [0, 0.1) is 5.92 Å². The SMILES string of the molecule is CCCC1CC1NC(=O)N(C)CCC(=O)O. The van der Waals surface area contributed by atoms with Crippen LogP contribution in [0.15, 0.2) is 0 Å². The number of nitrogens with zero attached hydrogens (tertiary/aromatic N) is 1. The van der Waals surface area contributed by atoms with E-state index in [0.29, 0.717) is 12.0 Å². The highest BCUT2D eigenvalue weighted by molar-refractivity contribution is 5.75. The lowest BCUT2D eigenvalue weighted by Crippen LogP contribution is -2.39. The molecule has 1 aliphatic rings. The molecule has 1 rings (SSSR count). The molecule has 1 aliphatic carbocycles. The quantitative estimate of drug-likeness (QED) is 0.719. The van der Waals surface area contributed by atoms with Gasteiger partial charge in [0, 0.05) is 19.6 Å². The zero-order chi connectivity index (χ0) is 12.1. The normalized spacial score (nSPS) is 22.6. The fourth-order valence-electron chi connectivity index (χ4n) is 1.75. The molecule has 0 spiro atoms. The molecule has 2 unspecified atom stereocenters. The largest absolute Gasteiger partial charge is 0.481 e. The summed E-state index contributed by atoms with van der Waals surface area (Å²) >= 11 is 0. The number of hydrogen-bond donors (Lipinski definition) is 2. The average Bonchev–Trinajstić information content (AvgIpc) is 2.93. The van der Waals surface area contributed by atoms with Gasteiger partial charge in [-0.2, -0.15) is 0 Å². The van der Waals surface area contributed by atoms with Gasteiger partial charge in [0.1, 0.15) is 0 Å². The minimum Gasteiger partial charge on any atom is -0.481 e. The lowest BCUT2D eigenvalue weighted by atomic mass is 10.2. The summed E-state index contributed by atoms with van der Waals surface area (Å²) < 4.78 is 0. The number of nitrogens with one attached hydrogen (secondary N) is 1. The molecule has 0 bridgehead atoms. The van der Waals surface area contributed by atoms with E-state index in [1.807, 2.05) is 0 Å². The Kier molecular flexibility index (Phi) is 4.58. The first-order valence-corrected chi connectivity index (χ1v) is 5.78. The molecule has 0 heterocycles. The van der Waals surface area contributed by atoms with E-state index in [2.05, 4.69) is 12.2 Å². The number of aliphatic carboxylic acids is 1. The summed E-state index contributed by atoms with van der Waals surface area (Å²) in [6.07, 6.45) is 3.36. The number of carboxylic acid groups (broad SMARTS) is 1. The Morgan fingerprint density at radius 3 is 2.75 bits per heavy atom. The van der Waals surface area contributed by atoms with Crippen LogP contribution in [0.1, 0.15) is 32.6 Å². The van der Waals surface area contributed by atoms with Crippen LogP contribution in [-0.2, 0) is 4.79 Å². The van der Waals surface area contributed by atoms with Crippen LogP contribution in [0.4, 0.5) is 4.79 Å². The topological polar surface area (TPSA) is 69.6 Å². The van der Waals surface area contributed by atoms with Gasteiger partial charge in [-0.25, -0.2) is 4.79 Å². The Hall–Kier alpha value is -1.26. The number of carboxylic acids is 1. The van der Waals surface area contributed by atoms with E-state index in [4.69, 9.17) is 5.11 Å². The smallest absolute Gasteiger partial charge is 0.317 e. The van der Waals surface area contributed by atoms with E-state index in [9.17, 15) is 9.59 Å². The lowest BCUT2D eigenvalue weighted by molar-refractivity contribution is -0.137. The molecule has 0 aromatic heterocycles. The second-order valence-electron chi connectivity index (χ2n) is 4.41. The number of urea groups is 1. The molecular formula is C11H20N2O3. The first-order valence-electron chi connectivity index (χ1n) is 5.78. The van der Waals surface area contributed by atoms with Gasteiger partial charge in [0.15, 0.2) is 0 Å². The number of carbonyl (C=O) groups excluding carboxylic acids is 1. The Balaban J connectivity index is 2.17. The first-order chi connectivity index (χ1) is 7.54. The van der Waals surface area contributed by atoms with Crippen molar-refractivity contribution in [2.45, 2.75) is 38.6 Å². The summed E-state index contributed by atoms with van der Waals surface area (Å²) in [4.78, 5) is 23.3. The summed E-state index contributed by atoms with van der Waals surface area (Å²) in [5, 5.41) is 11.4. The van der Waals surface area contributed by atoms with Gasteiger partial charge >= 0.3 is 12.0 Å². The Morgan fingerprint density at radius 1 is 1.50 bits per heavy atom. The third kappa shape index (κ3) is 4.08. The Bertz CT molecular complexity index is 268. The van der Waals surface area contributed by atoms with Gasteiger partial charge in [-0.1, -0.05) is 13.3 Å². The second-order valence-corrected chi connectivity index (χ2v) is 4.41. The Morgan fingerprint density at radius 2 is 2.19 bits per heavy atom. The maximum Gasteiger partial charge on any atom is 0.317 e. The summed E-state index contributed by atoms with van der Waals surface area (Å²) in [5.41, 5.74) is 0. The molecule has 2 atom stereocenters. The third-order valence-corrected chi connectivity index (χ3v) is 2.90. The van der Waals surface area contributed by atoms with Gasteiger partial charge in [0.25, 0.3) is 0 Å². The molecule has 92 valence electrons. The molecule has 0 aliphatic heterocycles. The molecule has 2 N–H and O–H groups in total. The predicted octanol–water partition coefficient (Wildman–Crippen LogP) is 1.29. The summed E-state index contributed by atoms with van der Waals surface area (Å²) in [6, 6.07) is 0.143. The number of hydrogen-bond acceptors (Lipinski definition) is 2. The fraction of sp³-hybridized carbons (Fsp3) is 0.818. The molecule has 0 saturated heterocycles. The van der Waals surface area contributed by atoms with Crippen molar-refractivity contribution in [2.24, 2.45) is 5.92 Å². The molecule has 16 heavy (non-hydrogen) atoms. The van der Waals surface area contributed by atoms with E-state index < -0.39 is 5.97 Å². The molecule has 1 fully saturated rings. The molecule has 0 aromatic rings. The van der Waals surface area contributed by atoms with E-state index in [0.717, 1.165) is 19.3 Å². The van der Waals surface area contributed by atoms with Crippen LogP contribution in [0.25, 0.3) is 0 Å². The first kappa shape index (κ1) is 12.8. The standard InChI is InChI=1S/C11H20N2O3/c1-3-4-8-7-9(8)12-11(16)13(2)6-5-10(14)15/h8-9H,3-7H2,1-2H3,(H,12,16)(H,14,15). The maximum absolute atomic E-state index is 11.6. The van der Waals surface area contributed by atoms with Crippen LogP contribution in [0.2, 0.25) is 0 Å². The van der Waals surface area contributed by atoms with Crippen LogP contribution in [0.3, 0.4) is 0 Å². The highest BCUT2D eigenvalue weighted by atomic mass is 16.4. The van der Waals surface area contributed by atoms with Gasteiger partial charge in [-0.3, -0.25) is 4.79 Å². The third-order valence-electron chi connectivity index (χ3n) is 2.90. The second kappa shape index (κ2) is 5.72. The number of carbonyl (C=O) groups is 2. The zero-order valence-electron chi connectivity index (χ0n) is 9.90. The zero-order valence-corrected chi connectivity index (χ0v) is 9.90. The Labute approximate surface area is 95.8 Å². The minimum atomic E-state index is -0.880. The van der Waals surface area contributed by atoms with Crippen LogP contribution < -0.4 is 5.32 Å². The van der Waals surface area contributed by atoms with Crippen LogP contribution in [0.5, 0.6) is 0 Å². The van der Waals surface area contributed by atoms with E-state index in [1.54, 1.807) is 7.05 Å². The molecule has 5 heteroatoms. The summed E-state index contributed by atoms with van der Waals surface area (Å²) in [6.45, 7) is 2.39. The van der Waals surface area contributed by atoms with Crippen molar-refractivity contribution in [1.82, 2.24) is 10.2 Å². The average molecular weight is 228 g/mol. The van der Waals surface area contributed by atoms with Gasteiger partial charge < -0.3 is 15.3 Å². The molecule has 0 radical (unpaired) electrons. The van der Waals surface area contributed by atoms with Gasteiger partial charge in [-0.05, 0) is 18.8 Å². The molecular weight excluding hydrogens is 208 g/mol. The fourth-order valence-corrected chi connectivity index (χ4v) is 1.75. The van der Waals surface area contributed by atoms with Gasteiger partial charge in [0.05, 0.1) is 6.42 Å². The van der Waals surface area contributed by atoms with Crippen molar-refractivity contribution < 1.29 is 14.7 Å². The number of amides is 2.